The largest absolute Gasteiger partial charge is 0.477 e. The van der Waals surface area contributed by atoms with Crippen molar-refractivity contribution in [3.05, 3.63) is 52.1 Å². The van der Waals surface area contributed by atoms with Crippen LogP contribution in [0.1, 0.15) is 5.69 Å². The minimum atomic E-state index is -1.18. The molecule has 2 atom stereocenters. The highest BCUT2D eigenvalue weighted by molar-refractivity contribution is 8.00. The normalized spacial score (nSPS) is 20.0. The third-order valence-corrected chi connectivity index (χ3v) is 8.52. The number of nitrogens with two attached hydrogens (primary N) is 1. The van der Waals surface area contributed by atoms with E-state index in [0.717, 1.165) is 21.6 Å². The number of anilines is 1. The summed E-state index contributed by atoms with van der Waals surface area (Å²) in [5.41, 5.74) is 6.34. The number of aliphatic carboxylic acids is 1. The topological polar surface area (TPSA) is 151 Å². The Labute approximate surface area is 210 Å². The lowest BCUT2D eigenvalue weighted by Crippen LogP contribution is -2.71. The lowest BCUT2D eigenvalue weighted by Gasteiger charge is -2.49. The molecule has 11 nitrogen and oxygen atoms in total. The van der Waals surface area contributed by atoms with E-state index in [4.69, 9.17) is 10.6 Å². The zero-order valence-corrected chi connectivity index (χ0v) is 20.7. The van der Waals surface area contributed by atoms with E-state index in [9.17, 15) is 19.5 Å². The van der Waals surface area contributed by atoms with E-state index in [0.29, 0.717) is 17.9 Å². The molecule has 180 valence electrons. The third kappa shape index (κ3) is 4.13. The van der Waals surface area contributed by atoms with Crippen molar-refractivity contribution in [2.45, 2.75) is 18.0 Å². The van der Waals surface area contributed by atoms with Gasteiger partial charge >= 0.3 is 5.97 Å². The molecule has 3 aromatic heterocycles. The Hall–Kier alpha value is -3.49. The van der Waals surface area contributed by atoms with Gasteiger partial charge in [-0.15, -0.1) is 23.1 Å². The second-order valence-corrected chi connectivity index (χ2v) is 10.5. The molecule has 4 N–H and O–H groups in total. The molecule has 0 bridgehead atoms. The molecule has 2 aliphatic heterocycles. The number of carboxylic acid groups (broad SMARTS) is 1. The predicted octanol–water partition coefficient (Wildman–Crippen LogP) is 1.02. The fourth-order valence-corrected chi connectivity index (χ4v) is 6.79. The van der Waals surface area contributed by atoms with Gasteiger partial charge in [0.15, 0.2) is 23.6 Å². The first-order valence-corrected chi connectivity index (χ1v) is 13.1. The highest BCUT2D eigenvalue weighted by atomic mass is 32.2. The SMILES string of the molecule is CON=C(C(=O)NC1C(=O)N2C(C(=O)O)=C(C[n+]3cccc4ccsc43)CS[C@@H]12)c1csc(N)n1. The summed E-state index contributed by atoms with van der Waals surface area (Å²) in [5.74, 6) is -1.94. The first-order valence-electron chi connectivity index (χ1n) is 10.3. The minimum Gasteiger partial charge on any atom is -0.477 e. The van der Waals surface area contributed by atoms with E-state index in [1.165, 1.54) is 23.8 Å². The van der Waals surface area contributed by atoms with Gasteiger partial charge in [-0.1, -0.05) is 16.5 Å². The molecule has 1 fully saturated rings. The molecule has 0 saturated carbocycles. The van der Waals surface area contributed by atoms with Gasteiger partial charge in [0.1, 0.15) is 29.9 Å². The van der Waals surface area contributed by atoms with Crippen LogP contribution in [0.15, 0.2) is 51.6 Å². The first-order chi connectivity index (χ1) is 16.9. The van der Waals surface area contributed by atoms with Crippen molar-refractivity contribution in [1.29, 1.82) is 0 Å². The summed E-state index contributed by atoms with van der Waals surface area (Å²) in [7, 11) is 1.29. The molecule has 0 aliphatic carbocycles. The van der Waals surface area contributed by atoms with E-state index in [1.807, 2.05) is 34.3 Å². The number of carboxylic acids is 1. The van der Waals surface area contributed by atoms with Crippen LogP contribution >= 0.6 is 34.4 Å². The molecule has 1 saturated heterocycles. The molecule has 2 amide bonds. The lowest BCUT2D eigenvalue weighted by atomic mass is 10.0. The predicted molar refractivity (Wildman–Crippen MR) is 132 cm³/mol. The van der Waals surface area contributed by atoms with Crippen LogP contribution in [0.3, 0.4) is 0 Å². The number of β-lactam (4-membered cyclic amide) rings is 1. The van der Waals surface area contributed by atoms with Crippen molar-refractivity contribution in [3.63, 3.8) is 0 Å². The summed E-state index contributed by atoms with van der Waals surface area (Å²) in [6.07, 6.45) is 1.89. The van der Waals surface area contributed by atoms with E-state index < -0.39 is 29.2 Å². The number of fused-ring (bicyclic) bond motifs is 2. The maximum atomic E-state index is 13.0. The van der Waals surface area contributed by atoms with Crippen LogP contribution in [0.25, 0.3) is 10.2 Å². The van der Waals surface area contributed by atoms with Gasteiger partial charge in [-0.2, -0.15) is 4.57 Å². The maximum Gasteiger partial charge on any atom is 0.352 e. The molecule has 14 heteroatoms. The van der Waals surface area contributed by atoms with Gasteiger partial charge in [-0.25, -0.2) is 9.78 Å². The van der Waals surface area contributed by atoms with Gasteiger partial charge in [-0.3, -0.25) is 14.5 Å². The average Bonchev–Trinajstić information content (AvgIpc) is 3.49. The quantitative estimate of drug-likeness (QED) is 0.177. The number of nitrogens with one attached hydrogen (secondary N) is 1. The summed E-state index contributed by atoms with van der Waals surface area (Å²) < 4.78 is 1.98. The van der Waals surface area contributed by atoms with Crippen LogP contribution in [0.4, 0.5) is 5.13 Å². The van der Waals surface area contributed by atoms with E-state index in [-0.39, 0.29) is 22.2 Å². The summed E-state index contributed by atoms with van der Waals surface area (Å²) in [6, 6.07) is 5.00. The Kier molecular flexibility index (Phi) is 6.17. The Bertz CT molecular complexity index is 1410. The maximum absolute atomic E-state index is 13.0. The number of carbonyl (C=O) groups is 3. The fraction of sp³-hybridized carbons (Fsp3) is 0.238. The molecule has 3 aromatic rings. The van der Waals surface area contributed by atoms with Gasteiger partial charge in [0.25, 0.3) is 16.6 Å². The number of pyridine rings is 1. The standard InChI is InChI=1S/C21H18N6O5S3/c1-32-25-13(12-9-35-21(22)23-12)16(28)24-14-17(29)27-15(20(30)31)11(8-34-19(14)27)7-26-5-2-3-10-4-6-33-18(10)26/h2-6,9,14,19H,7-8H2,1H3,(H3-,22,23,24,28,30,31)/p+1/t14?,19-/m0/s1. The van der Waals surface area contributed by atoms with Crippen molar-refractivity contribution >= 4 is 73.3 Å². The number of thiazole rings is 1. The van der Waals surface area contributed by atoms with E-state index in [1.54, 1.807) is 16.7 Å². The smallest absolute Gasteiger partial charge is 0.352 e. The average molecular weight is 532 g/mol. The molecule has 2 aliphatic rings. The van der Waals surface area contributed by atoms with Crippen molar-refractivity contribution in [2.75, 3.05) is 18.6 Å². The van der Waals surface area contributed by atoms with Gasteiger partial charge < -0.3 is 21.0 Å². The van der Waals surface area contributed by atoms with Crippen LogP contribution in [-0.4, -0.2) is 62.8 Å². The fourth-order valence-electron chi connectivity index (χ4n) is 4.03. The molecular formula is C21H19N6O5S3+. The summed E-state index contributed by atoms with van der Waals surface area (Å²) >= 11 is 4.11. The highest BCUT2D eigenvalue weighted by Crippen LogP contribution is 2.40. The number of carbonyl (C=O) groups excluding carboxylic acids is 2. The number of nitrogen functional groups attached to an aromatic ring is 1. The van der Waals surface area contributed by atoms with Crippen LogP contribution in [0, 0.1) is 0 Å². The van der Waals surface area contributed by atoms with Crippen molar-refractivity contribution in [2.24, 2.45) is 5.16 Å². The van der Waals surface area contributed by atoms with Crippen LogP contribution in [-0.2, 0) is 25.8 Å². The minimum absolute atomic E-state index is 0.0386. The number of oxime groups is 1. The van der Waals surface area contributed by atoms with E-state index in [2.05, 4.69) is 15.5 Å². The zero-order chi connectivity index (χ0) is 24.7. The third-order valence-electron chi connectivity index (χ3n) is 5.54. The van der Waals surface area contributed by atoms with Crippen molar-refractivity contribution in [1.82, 2.24) is 15.2 Å². The van der Waals surface area contributed by atoms with Crippen molar-refractivity contribution in [3.8, 4) is 0 Å². The summed E-state index contributed by atoms with van der Waals surface area (Å²) in [4.78, 5) is 49.2. The second-order valence-electron chi connectivity index (χ2n) is 7.63. The number of thioether (sulfide) groups is 1. The van der Waals surface area contributed by atoms with Crippen LogP contribution in [0.5, 0.6) is 0 Å². The number of aromatic nitrogens is 2. The van der Waals surface area contributed by atoms with Gasteiger partial charge in [-0.05, 0) is 17.5 Å². The molecule has 0 radical (unpaired) electrons. The Morgan fingerprint density at radius 2 is 2.23 bits per heavy atom. The van der Waals surface area contributed by atoms with Crippen molar-refractivity contribution < 1.29 is 28.9 Å². The molecular weight excluding hydrogens is 512 g/mol. The van der Waals surface area contributed by atoms with Crippen LogP contribution < -0.4 is 15.6 Å². The number of amides is 2. The molecule has 35 heavy (non-hydrogen) atoms. The van der Waals surface area contributed by atoms with E-state index >= 15 is 0 Å². The Balaban J connectivity index is 1.38. The van der Waals surface area contributed by atoms with Gasteiger partial charge in [0, 0.05) is 22.8 Å². The molecule has 1 unspecified atom stereocenters. The Morgan fingerprint density at radius 1 is 1.40 bits per heavy atom. The molecule has 0 aromatic carbocycles. The number of nitrogens with zero attached hydrogens (tertiary/aromatic N) is 4. The number of hydrogen-bond acceptors (Lipinski definition) is 10. The zero-order valence-electron chi connectivity index (χ0n) is 18.2. The highest BCUT2D eigenvalue weighted by Gasteiger charge is 2.54. The molecule has 5 heterocycles. The van der Waals surface area contributed by atoms with Crippen LogP contribution in [0.2, 0.25) is 0 Å². The van der Waals surface area contributed by atoms with Gasteiger partial charge in [0.2, 0.25) is 0 Å². The number of rotatable bonds is 7. The monoisotopic (exact) mass is 531 g/mol. The molecule has 5 rings (SSSR count). The second kappa shape index (κ2) is 9.28. The number of hydrogen-bond donors (Lipinski definition) is 3. The summed E-state index contributed by atoms with van der Waals surface area (Å²) in [6.45, 7) is 0.343. The number of thiophene rings is 1. The van der Waals surface area contributed by atoms with Gasteiger partial charge in [0.05, 0.1) is 5.39 Å². The first kappa shape index (κ1) is 23.3. The lowest BCUT2D eigenvalue weighted by molar-refractivity contribution is -0.661. The summed E-state index contributed by atoms with van der Waals surface area (Å²) in [5, 5.41) is 20.6. The Morgan fingerprint density at radius 3 is 2.94 bits per heavy atom. The molecule has 0 spiro atoms.